The van der Waals surface area contributed by atoms with Gasteiger partial charge in [0.2, 0.25) is 11.7 Å². The summed E-state index contributed by atoms with van der Waals surface area (Å²) in [6, 6.07) is 4.18. The Bertz CT molecular complexity index is 632. The molecular weight excluding hydrogens is 249 g/mol. The van der Waals surface area contributed by atoms with Gasteiger partial charge in [-0.3, -0.25) is 0 Å². The number of benzene rings is 1. The van der Waals surface area contributed by atoms with E-state index < -0.39 is 5.97 Å². The Labute approximate surface area is 109 Å². The second kappa shape index (κ2) is 4.84. The molecule has 1 aromatic carbocycles. The molecule has 2 aromatic rings. The maximum atomic E-state index is 13.1. The molecule has 0 saturated heterocycles. The Hall–Kier alpha value is -2.17. The molecule has 0 unspecified atom stereocenters. The summed E-state index contributed by atoms with van der Waals surface area (Å²) in [6.45, 7) is 5.40. The Morgan fingerprint density at radius 2 is 2.11 bits per heavy atom. The first-order valence-electron chi connectivity index (χ1n) is 5.90. The summed E-state index contributed by atoms with van der Waals surface area (Å²) in [4.78, 5) is 15.3. The number of hydrogen-bond donors (Lipinski definition) is 1. The van der Waals surface area contributed by atoms with Crippen LogP contribution in [0.15, 0.2) is 22.6 Å². The first kappa shape index (κ1) is 13.3. The van der Waals surface area contributed by atoms with Crippen LogP contribution in [0.1, 0.15) is 41.6 Å². The van der Waals surface area contributed by atoms with E-state index in [2.05, 4.69) is 4.98 Å². The number of nitrogens with zero attached hydrogens (tertiary/aromatic N) is 1. The molecule has 0 radical (unpaired) electrons. The van der Waals surface area contributed by atoms with Crippen molar-refractivity contribution in [2.75, 3.05) is 0 Å². The molecule has 2 rings (SSSR count). The maximum absolute atomic E-state index is 13.1. The number of carboxylic acids is 1. The molecule has 0 aliphatic carbocycles. The summed E-state index contributed by atoms with van der Waals surface area (Å²) in [6.07, 6.45) is 0. The van der Waals surface area contributed by atoms with Crippen LogP contribution >= 0.6 is 0 Å². The Morgan fingerprint density at radius 1 is 1.42 bits per heavy atom. The van der Waals surface area contributed by atoms with E-state index in [0.717, 1.165) is 0 Å². The summed E-state index contributed by atoms with van der Waals surface area (Å²) < 4.78 is 18.4. The molecule has 1 aromatic heterocycles. The number of aromatic carboxylic acids is 1. The molecule has 0 aliphatic heterocycles. The van der Waals surface area contributed by atoms with E-state index in [1.165, 1.54) is 18.2 Å². The van der Waals surface area contributed by atoms with Crippen molar-refractivity contribution in [1.82, 2.24) is 4.98 Å². The van der Waals surface area contributed by atoms with Crippen molar-refractivity contribution in [3.05, 3.63) is 41.0 Å². The van der Waals surface area contributed by atoms with Gasteiger partial charge in [0.05, 0.1) is 5.69 Å². The van der Waals surface area contributed by atoms with Gasteiger partial charge in [0.25, 0.3) is 0 Å². The third-order valence-electron chi connectivity index (χ3n) is 2.81. The fourth-order valence-electron chi connectivity index (χ4n) is 1.86. The number of carbonyl (C=O) groups is 1. The number of hydrogen-bond acceptors (Lipinski definition) is 3. The minimum Gasteiger partial charge on any atom is -0.475 e. The van der Waals surface area contributed by atoms with E-state index in [9.17, 15) is 9.18 Å². The van der Waals surface area contributed by atoms with Crippen LogP contribution in [0.2, 0.25) is 0 Å². The Balaban J connectivity index is 2.57. The van der Waals surface area contributed by atoms with E-state index >= 15 is 0 Å². The summed E-state index contributed by atoms with van der Waals surface area (Å²) in [5.74, 6) is -1.52. The SMILES string of the molecule is Cc1cc(F)ccc1-c1nc(C(C)C)c(C(=O)O)o1. The first-order chi connectivity index (χ1) is 8.90. The molecule has 0 fully saturated rings. The first-order valence-corrected chi connectivity index (χ1v) is 5.90. The van der Waals surface area contributed by atoms with E-state index in [-0.39, 0.29) is 23.4 Å². The zero-order valence-electron chi connectivity index (χ0n) is 10.9. The average molecular weight is 263 g/mol. The Kier molecular flexibility index (Phi) is 3.38. The molecule has 1 N–H and O–H groups in total. The molecule has 0 bridgehead atoms. The molecule has 5 heteroatoms. The van der Waals surface area contributed by atoms with Gasteiger partial charge < -0.3 is 9.52 Å². The molecule has 0 aliphatic rings. The average Bonchev–Trinajstić information content (AvgIpc) is 2.73. The fourth-order valence-corrected chi connectivity index (χ4v) is 1.86. The lowest BCUT2D eigenvalue weighted by molar-refractivity contribution is 0.0661. The van der Waals surface area contributed by atoms with Crippen molar-refractivity contribution < 1.29 is 18.7 Å². The molecule has 100 valence electrons. The number of aryl methyl sites for hydroxylation is 1. The molecule has 0 atom stereocenters. The van der Waals surface area contributed by atoms with Crippen molar-refractivity contribution >= 4 is 5.97 Å². The van der Waals surface area contributed by atoms with Crippen LogP contribution in [0.3, 0.4) is 0 Å². The number of oxazole rings is 1. The molecule has 0 amide bonds. The second-order valence-corrected chi connectivity index (χ2v) is 4.65. The van der Waals surface area contributed by atoms with Crippen LogP contribution in [-0.2, 0) is 0 Å². The van der Waals surface area contributed by atoms with E-state index in [4.69, 9.17) is 9.52 Å². The lowest BCUT2D eigenvalue weighted by atomic mass is 10.1. The largest absolute Gasteiger partial charge is 0.475 e. The third kappa shape index (κ3) is 2.50. The van der Waals surface area contributed by atoms with Gasteiger partial charge in [-0.25, -0.2) is 14.2 Å². The maximum Gasteiger partial charge on any atom is 0.373 e. The van der Waals surface area contributed by atoms with Crippen molar-refractivity contribution in [1.29, 1.82) is 0 Å². The van der Waals surface area contributed by atoms with Crippen molar-refractivity contribution in [2.24, 2.45) is 0 Å². The van der Waals surface area contributed by atoms with Crippen LogP contribution in [0.4, 0.5) is 4.39 Å². The Morgan fingerprint density at radius 3 is 2.58 bits per heavy atom. The summed E-state index contributed by atoms with van der Waals surface area (Å²) in [5, 5.41) is 9.09. The molecule has 1 heterocycles. The third-order valence-corrected chi connectivity index (χ3v) is 2.81. The zero-order chi connectivity index (χ0) is 14.2. The number of aromatic nitrogens is 1. The normalized spacial score (nSPS) is 11.0. The summed E-state index contributed by atoms with van der Waals surface area (Å²) in [5.41, 5.74) is 1.63. The van der Waals surface area contributed by atoms with Crippen molar-refractivity contribution in [3.63, 3.8) is 0 Å². The molecule has 4 nitrogen and oxygen atoms in total. The predicted molar refractivity (Wildman–Crippen MR) is 67.7 cm³/mol. The van der Waals surface area contributed by atoms with Gasteiger partial charge in [0, 0.05) is 5.56 Å². The highest BCUT2D eigenvalue weighted by molar-refractivity contribution is 5.86. The van der Waals surface area contributed by atoms with E-state index in [0.29, 0.717) is 16.8 Å². The molecule has 19 heavy (non-hydrogen) atoms. The van der Waals surface area contributed by atoms with Gasteiger partial charge in [0.15, 0.2) is 0 Å². The van der Waals surface area contributed by atoms with Gasteiger partial charge in [-0.05, 0) is 36.6 Å². The topological polar surface area (TPSA) is 63.3 Å². The van der Waals surface area contributed by atoms with Crippen LogP contribution in [0.5, 0.6) is 0 Å². The minimum atomic E-state index is -1.15. The standard InChI is InChI=1S/C14H14FNO3/c1-7(2)11-12(14(17)18)19-13(16-11)10-5-4-9(15)6-8(10)3/h4-7H,1-3H3,(H,17,18). The zero-order valence-corrected chi connectivity index (χ0v) is 10.9. The van der Waals surface area contributed by atoms with Gasteiger partial charge in [-0.1, -0.05) is 13.8 Å². The quantitative estimate of drug-likeness (QED) is 0.918. The lowest BCUT2D eigenvalue weighted by Gasteiger charge is -2.00. The van der Waals surface area contributed by atoms with Crippen LogP contribution in [0.25, 0.3) is 11.5 Å². The highest BCUT2D eigenvalue weighted by Gasteiger charge is 2.23. The summed E-state index contributed by atoms with van der Waals surface area (Å²) in [7, 11) is 0. The predicted octanol–water partition coefficient (Wildman–Crippen LogP) is 3.61. The highest BCUT2D eigenvalue weighted by atomic mass is 19.1. The van der Waals surface area contributed by atoms with Gasteiger partial charge >= 0.3 is 5.97 Å². The monoisotopic (exact) mass is 263 g/mol. The van der Waals surface area contributed by atoms with Crippen molar-refractivity contribution in [3.8, 4) is 11.5 Å². The number of carboxylic acid groups (broad SMARTS) is 1. The van der Waals surface area contributed by atoms with Crippen LogP contribution in [0, 0.1) is 12.7 Å². The van der Waals surface area contributed by atoms with E-state index in [1.54, 1.807) is 6.92 Å². The van der Waals surface area contributed by atoms with Gasteiger partial charge in [-0.2, -0.15) is 0 Å². The van der Waals surface area contributed by atoms with Crippen LogP contribution < -0.4 is 0 Å². The number of rotatable bonds is 3. The van der Waals surface area contributed by atoms with E-state index in [1.807, 2.05) is 13.8 Å². The minimum absolute atomic E-state index is 0.0654. The number of halogens is 1. The second-order valence-electron chi connectivity index (χ2n) is 4.65. The fraction of sp³-hybridized carbons (Fsp3) is 0.286. The lowest BCUT2D eigenvalue weighted by Crippen LogP contribution is -2.01. The van der Waals surface area contributed by atoms with Gasteiger partial charge in [-0.15, -0.1) is 0 Å². The molecular formula is C14H14FNO3. The smallest absolute Gasteiger partial charge is 0.373 e. The highest BCUT2D eigenvalue weighted by Crippen LogP contribution is 2.28. The van der Waals surface area contributed by atoms with Gasteiger partial charge in [0.1, 0.15) is 5.82 Å². The molecule has 0 spiro atoms. The van der Waals surface area contributed by atoms with Crippen LogP contribution in [-0.4, -0.2) is 16.1 Å². The summed E-state index contributed by atoms with van der Waals surface area (Å²) >= 11 is 0. The molecule has 0 saturated carbocycles. The van der Waals surface area contributed by atoms with Crippen molar-refractivity contribution in [2.45, 2.75) is 26.7 Å².